The molecule has 0 saturated carbocycles. The van der Waals surface area contributed by atoms with Crippen molar-refractivity contribution < 1.29 is 14.3 Å². The van der Waals surface area contributed by atoms with Crippen LogP contribution in [0.4, 0.5) is 0 Å². The molecule has 2 heterocycles. The van der Waals surface area contributed by atoms with Gasteiger partial charge >= 0.3 is 11.9 Å². The minimum absolute atomic E-state index is 0.229. The van der Waals surface area contributed by atoms with Crippen molar-refractivity contribution in [2.45, 2.75) is 25.7 Å². The molecule has 0 spiro atoms. The van der Waals surface area contributed by atoms with Gasteiger partial charge in [-0.25, -0.2) is 4.79 Å². The third kappa shape index (κ3) is 1.35. The van der Waals surface area contributed by atoms with Gasteiger partial charge in [0, 0.05) is 4.88 Å². The van der Waals surface area contributed by atoms with E-state index < -0.39 is 11.9 Å². The summed E-state index contributed by atoms with van der Waals surface area (Å²) in [5.41, 5.74) is 0.563. The minimum atomic E-state index is -0.501. The second kappa shape index (κ2) is 3.53. The second-order valence-corrected chi connectivity index (χ2v) is 4.20. The van der Waals surface area contributed by atoms with E-state index in [9.17, 15) is 9.59 Å². The van der Waals surface area contributed by atoms with E-state index in [1.165, 1.54) is 11.3 Å². The molecule has 1 aliphatic heterocycles. The standard InChI is InChI=1S/C10H10O3S/c1-2-3-6-8-7(4-5-14-8)10(12)13-9(6)11/h4-6H,2-3H2,1H3. The van der Waals surface area contributed by atoms with E-state index in [0.29, 0.717) is 5.56 Å². The summed E-state index contributed by atoms with van der Waals surface area (Å²) in [6, 6.07) is 1.72. The van der Waals surface area contributed by atoms with Crippen LogP contribution >= 0.6 is 11.3 Å². The Morgan fingerprint density at radius 3 is 3.00 bits per heavy atom. The SMILES string of the molecule is CCCC1C(=O)OC(=O)c2ccsc21. The van der Waals surface area contributed by atoms with E-state index in [0.717, 1.165) is 17.7 Å². The molecular formula is C10H10O3S. The normalized spacial score (nSPS) is 20.5. The van der Waals surface area contributed by atoms with Crippen molar-refractivity contribution in [2.24, 2.45) is 0 Å². The quantitative estimate of drug-likeness (QED) is 0.555. The molecular weight excluding hydrogens is 200 g/mol. The lowest BCUT2D eigenvalue weighted by atomic mass is 9.97. The van der Waals surface area contributed by atoms with Crippen LogP contribution in [0.15, 0.2) is 11.4 Å². The van der Waals surface area contributed by atoms with Crippen LogP contribution < -0.4 is 0 Å². The van der Waals surface area contributed by atoms with Crippen LogP contribution in [0.5, 0.6) is 0 Å². The van der Waals surface area contributed by atoms with Crippen LogP contribution in [-0.2, 0) is 9.53 Å². The molecule has 2 rings (SSSR count). The predicted molar refractivity (Wildman–Crippen MR) is 52.4 cm³/mol. The van der Waals surface area contributed by atoms with Gasteiger partial charge in [0.15, 0.2) is 0 Å². The van der Waals surface area contributed by atoms with Crippen molar-refractivity contribution in [2.75, 3.05) is 0 Å². The summed E-state index contributed by atoms with van der Waals surface area (Å²) >= 11 is 1.46. The van der Waals surface area contributed by atoms with Crippen molar-refractivity contribution in [3.05, 3.63) is 21.9 Å². The van der Waals surface area contributed by atoms with Crippen LogP contribution in [-0.4, -0.2) is 11.9 Å². The number of carbonyl (C=O) groups excluding carboxylic acids is 2. The van der Waals surface area contributed by atoms with Crippen molar-refractivity contribution in [3.63, 3.8) is 0 Å². The highest BCUT2D eigenvalue weighted by atomic mass is 32.1. The summed E-state index contributed by atoms with van der Waals surface area (Å²) in [5.74, 6) is -1.13. The average Bonchev–Trinajstić information content (AvgIpc) is 2.60. The monoisotopic (exact) mass is 210 g/mol. The molecule has 0 radical (unpaired) electrons. The third-order valence-electron chi connectivity index (χ3n) is 2.29. The predicted octanol–water partition coefficient (Wildman–Crippen LogP) is 2.33. The Hall–Kier alpha value is -1.16. The summed E-state index contributed by atoms with van der Waals surface area (Å²) < 4.78 is 4.66. The lowest BCUT2D eigenvalue weighted by Gasteiger charge is -2.18. The molecule has 1 atom stereocenters. The third-order valence-corrected chi connectivity index (χ3v) is 3.32. The smallest absolute Gasteiger partial charge is 0.346 e. The van der Waals surface area contributed by atoms with Crippen molar-refractivity contribution >= 4 is 23.3 Å². The van der Waals surface area contributed by atoms with Gasteiger partial charge < -0.3 is 4.74 Å². The van der Waals surface area contributed by atoms with Crippen LogP contribution in [0.1, 0.15) is 40.9 Å². The summed E-state index contributed by atoms with van der Waals surface area (Å²) in [6.45, 7) is 2.01. The largest absolute Gasteiger partial charge is 0.389 e. The van der Waals surface area contributed by atoms with Crippen LogP contribution in [0.3, 0.4) is 0 Å². The maximum atomic E-state index is 11.4. The zero-order valence-electron chi connectivity index (χ0n) is 7.78. The number of thiophene rings is 1. The molecule has 1 aromatic heterocycles. The average molecular weight is 210 g/mol. The molecule has 0 amide bonds. The second-order valence-electron chi connectivity index (χ2n) is 3.25. The van der Waals surface area contributed by atoms with Gasteiger partial charge in [0.05, 0.1) is 11.5 Å². The number of rotatable bonds is 2. The highest BCUT2D eigenvalue weighted by Crippen LogP contribution is 2.34. The van der Waals surface area contributed by atoms with Crippen molar-refractivity contribution in [1.29, 1.82) is 0 Å². The Kier molecular flexibility index (Phi) is 2.37. The summed E-state index contributed by atoms with van der Waals surface area (Å²) in [4.78, 5) is 23.6. The first-order valence-corrected chi connectivity index (χ1v) is 5.45. The highest BCUT2D eigenvalue weighted by Gasteiger charge is 2.34. The fourth-order valence-electron chi connectivity index (χ4n) is 1.62. The van der Waals surface area contributed by atoms with Gasteiger partial charge in [-0.2, -0.15) is 0 Å². The number of hydrogen-bond donors (Lipinski definition) is 0. The minimum Gasteiger partial charge on any atom is -0.389 e. The number of cyclic esters (lactones) is 2. The molecule has 3 nitrogen and oxygen atoms in total. The van der Waals surface area contributed by atoms with Crippen molar-refractivity contribution in [3.8, 4) is 0 Å². The van der Waals surface area contributed by atoms with E-state index in [1.807, 2.05) is 12.3 Å². The first-order valence-electron chi connectivity index (χ1n) is 4.57. The molecule has 74 valence electrons. The van der Waals surface area contributed by atoms with Gasteiger partial charge in [-0.3, -0.25) is 4.79 Å². The van der Waals surface area contributed by atoms with E-state index in [4.69, 9.17) is 0 Å². The molecule has 1 aromatic rings. The van der Waals surface area contributed by atoms with E-state index in [2.05, 4.69) is 4.74 Å². The number of ether oxygens (including phenoxy) is 1. The number of esters is 2. The topological polar surface area (TPSA) is 43.4 Å². The van der Waals surface area contributed by atoms with Crippen LogP contribution in [0.25, 0.3) is 0 Å². The van der Waals surface area contributed by atoms with E-state index >= 15 is 0 Å². The molecule has 0 saturated heterocycles. The van der Waals surface area contributed by atoms with Gasteiger partial charge in [0.25, 0.3) is 0 Å². The first-order chi connectivity index (χ1) is 6.74. The molecule has 0 aromatic carbocycles. The zero-order chi connectivity index (χ0) is 10.1. The lowest BCUT2D eigenvalue weighted by Crippen LogP contribution is -2.26. The number of hydrogen-bond acceptors (Lipinski definition) is 4. The fraction of sp³-hybridized carbons (Fsp3) is 0.400. The van der Waals surface area contributed by atoms with Crippen LogP contribution in [0, 0.1) is 0 Å². The van der Waals surface area contributed by atoms with Gasteiger partial charge in [0.2, 0.25) is 0 Å². The van der Waals surface area contributed by atoms with E-state index in [-0.39, 0.29) is 5.92 Å². The molecule has 14 heavy (non-hydrogen) atoms. The molecule has 0 aliphatic carbocycles. The molecule has 0 bridgehead atoms. The van der Waals surface area contributed by atoms with Gasteiger partial charge in [0.1, 0.15) is 0 Å². The molecule has 0 N–H and O–H groups in total. The van der Waals surface area contributed by atoms with E-state index in [1.54, 1.807) is 6.07 Å². The number of carbonyl (C=O) groups is 2. The number of fused-ring (bicyclic) bond motifs is 1. The maximum Gasteiger partial charge on any atom is 0.346 e. The summed E-state index contributed by atoms with van der Waals surface area (Å²) in [6.07, 6.45) is 1.66. The molecule has 1 aliphatic rings. The van der Waals surface area contributed by atoms with Gasteiger partial charge in [-0.15, -0.1) is 11.3 Å². The molecule has 0 fully saturated rings. The molecule has 1 unspecified atom stereocenters. The summed E-state index contributed by atoms with van der Waals surface area (Å²) in [7, 11) is 0. The fourth-order valence-corrected chi connectivity index (χ4v) is 2.63. The Labute approximate surface area is 85.7 Å². The van der Waals surface area contributed by atoms with Crippen molar-refractivity contribution in [1.82, 2.24) is 0 Å². The van der Waals surface area contributed by atoms with Gasteiger partial charge in [-0.05, 0) is 17.9 Å². The Bertz CT molecular complexity index is 380. The Balaban J connectivity index is 2.41. The lowest BCUT2D eigenvalue weighted by molar-refractivity contribution is -0.140. The Morgan fingerprint density at radius 1 is 1.50 bits per heavy atom. The zero-order valence-corrected chi connectivity index (χ0v) is 8.60. The maximum absolute atomic E-state index is 11.4. The Morgan fingerprint density at radius 2 is 2.29 bits per heavy atom. The van der Waals surface area contributed by atoms with Gasteiger partial charge in [-0.1, -0.05) is 13.3 Å². The first kappa shape index (κ1) is 9.40. The summed E-state index contributed by atoms with van der Waals surface area (Å²) in [5, 5.41) is 1.83. The van der Waals surface area contributed by atoms with Crippen LogP contribution in [0.2, 0.25) is 0 Å². The molecule has 4 heteroatoms. The highest BCUT2D eigenvalue weighted by molar-refractivity contribution is 7.10.